The third-order valence-corrected chi connectivity index (χ3v) is 1.34. The van der Waals surface area contributed by atoms with E-state index in [2.05, 4.69) is 4.42 Å². The first-order valence-corrected chi connectivity index (χ1v) is 3.23. The topological polar surface area (TPSA) is 81.9 Å². The highest BCUT2D eigenvalue weighted by Crippen LogP contribution is 2.33. The van der Waals surface area contributed by atoms with Crippen LogP contribution in [0.1, 0.15) is 21.9 Å². The molecule has 0 fully saturated rings. The molecule has 0 saturated carbocycles. The molecule has 0 radical (unpaired) electrons. The Bertz CT molecular complexity index is 339. The number of hydrogen-bond acceptors (Lipinski definition) is 2. The minimum Gasteiger partial charge on any atom is -0.478 e. The average molecular weight is 212 g/mol. The summed E-state index contributed by atoms with van der Waals surface area (Å²) in [5.74, 6) is -3.19. The molecule has 0 aliphatic carbocycles. The summed E-state index contributed by atoms with van der Waals surface area (Å²) in [6, 6.07) is 0.838. The zero-order chi connectivity index (χ0) is 10.2. The molecule has 1 rings (SSSR count). The number of carboxylic acid groups (broad SMARTS) is 1. The van der Waals surface area contributed by atoms with Gasteiger partial charge in [0.15, 0.2) is 0 Å². The molecule has 7 heteroatoms. The van der Waals surface area contributed by atoms with Crippen LogP contribution in [0.5, 0.6) is 0 Å². The molecule has 0 bridgehead atoms. The van der Waals surface area contributed by atoms with Gasteiger partial charge in [0.05, 0.1) is 0 Å². The van der Waals surface area contributed by atoms with E-state index in [1.165, 1.54) is 6.92 Å². The molecule has 0 amide bonds. The maximum Gasteiger partial charge on any atom is 0.450 e. The summed E-state index contributed by atoms with van der Waals surface area (Å²) in [4.78, 5) is 10.3. The van der Waals surface area contributed by atoms with E-state index in [9.17, 15) is 18.0 Å². The predicted octanol–water partition coefficient (Wildman–Crippen LogP) is 1.48. The van der Waals surface area contributed by atoms with E-state index in [1.54, 1.807) is 0 Å². The van der Waals surface area contributed by atoms with Crippen LogP contribution in [0, 0.1) is 6.92 Å². The first kappa shape index (κ1) is 12.5. The molecule has 80 valence electrons. The molecule has 0 atom stereocenters. The minimum absolute atomic E-state index is 0. The van der Waals surface area contributed by atoms with Gasteiger partial charge in [-0.1, -0.05) is 0 Å². The fraction of sp³-hybridized carbons (Fsp3) is 0.286. The lowest BCUT2D eigenvalue weighted by Crippen LogP contribution is -2.09. The zero-order valence-corrected chi connectivity index (χ0v) is 6.97. The van der Waals surface area contributed by atoms with Crippen molar-refractivity contribution in [2.45, 2.75) is 13.1 Å². The van der Waals surface area contributed by atoms with Gasteiger partial charge in [0.25, 0.3) is 0 Å². The Balaban J connectivity index is 0.00000169. The van der Waals surface area contributed by atoms with E-state index in [0.29, 0.717) is 0 Å². The van der Waals surface area contributed by atoms with Gasteiger partial charge in [-0.15, -0.1) is 0 Å². The largest absolute Gasteiger partial charge is 0.478 e. The van der Waals surface area contributed by atoms with Crippen molar-refractivity contribution in [3.05, 3.63) is 23.2 Å². The first-order valence-electron chi connectivity index (χ1n) is 3.23. The predicted molar refractivity (Wildman–Crippen MR) is 39.0 cm³/mol. The van der Waals surface area contributed by atoms with Gasteiger partial charge < -0.3 is 15.0 Å². The SMILES string of the molecule is Cc1cc(C(=O)O)c(C(F)(F)F)o1.O. The summed E-state index contributed by atoms with van der Waals surface area (Å²) in [6.45, 7) is 1.25. The standard InChI is InChI=1S/C7H5F3O3.H2O/c1-3-2-4(6(11)12)5(13-3)7(8,9)10;/h2H,1H3,(H,11,12);1H2. The van der Waals surface area contributed by atoms with Gasteiger partial charge in [0.2, 0.25) is 5.76 Å². The number of aryl methyl sites for hydroxylation is 1. The van der Waals surface area contributed by atoms with Crippen LogP contribution in [-0.2, 0) is 6.18 Å². The molecular weight excluding hydrogens is 205 g/mol. The van der Waals surface area contributed by atoms with Gasteiger partial charge in [-0.05, 0) is 13.0 Å². The summed E-state index contributed by atoms with van der Waals surface area (Å²) in [7, 11) is 0. The fourth-order valence-corrected chi connectivity index (χ4v) is 0.884. The van der Waals surface area contributed by atoms with Crippen molar-refractivity contribution in [1.29, 1.82) is 0 Å². The van der Waals surface area contributed by atoms with E-state index in [4.69, 9.17) is 5.11 Å². The van der Waals surface area contributed by atoms with E-state index in [0.717, 1.165) is 6.07 Å². The molecular formula is C7H7F3O4. The molecule has 0 aliphatic rings. The van der Waals surface area contributed by atoms with Gasteiger partial charge in [-0.2, -0.15) is 13.2 Å². The lowest BCUT2D eigenvalue weighted by atomic mass is 10.2. The number of alkyl halides is 3. The molecule has 1 aromatic rings. The van der Waals surface area contributed by atoms with Gasteiger partial charge in [0, 0.05) is 0 Å². The average Bonchev–Trinajstić information content (AvgIpc) is 2.29. The third-order valence-electron chi connectivity index (χ3n) is 1.34. The molecule has 1 heterocycles. The normalized spacial score (nSPS) is 10.9. The number of rotatable bonds is 1. The molecule has 0 spiro atoms. The van der Waals surface area contributed by atoms with Crippen molar-refractivity contribution in [2.24, 2.45) is 0 Å². The van der Waals surface area contributed by atoms with Crippen LogP contribution in [-0.4, -0.2) is 16.6 Å². The molecule has 14 heavy (non-hydrogen) atoms. The lowest BCUT2D eigenvalue weighted by Gasteiger charge is -2.02. The molecule has 1 aromatic heterocycles. The van der Waals surface area contributed by atoms with Crippen LogP contribution in [0.3, 0.4) is 0 Å². The molecule has 0 saturated heterocycles. The summed E-state index contributed by atoms with van der Waals surface area (Å²) >= 11 is 0. The maximum atomic E-state index is 12.1. The number of halogens is 3. The van der Waals surface area contributed by atoms with Crippen molar-refractivity contribution >= 4 is 5.97 Å². The summed E-state index contributed by atoms with van der Waals surface area (Å²) in [5, 5.41) is 8.38. The molecule has 3 N–H and O–H groups in total. The van der Waals surface area contributed by atoms with E-state index in [1.807, 2.05) is 0 Å². The Morgan fingerprint density at radius 3 is 2.29 bits per heavy atom. The van der Waals surface area contributed by atoms with Crippen LogP contribution in [0.25, 0.3) is 0 Å². The van der Waals surface area contributed by atoms with Crippen LogP contribution in [0.15, 0.2) is 10.5 Å². The van der Waals surface area contributed by atoms with Crippen molar-refractivity contribution in [2.75, 3.05) is 0 Å². The van der Waals surface area contributed by atoms with Crippen molar-refractivity contribution < 1.29 is 33.0 Å². The number of carbonyl (C=O) groups is 1. The highest BCUT2D eigenvalue weighted by Gasteiger charge is 2.39. The number of aromatic carboxylic acids is 1. The fourth-order valence-electron chi connectivity index (χ4n) is 0.884. The van der Waals surface area contributed by atoms with E-state index in [-0.39, 0.29) is 11.2 Å². The van der Waals surface area contributed by atoms with Gasteiger partial charge in [-0.25, -0.2) is 4.79 Å². The van der Waals surface area contributed by atoms with Crippen LogP contribution in [0.4, 0.5) is 13.2 Å². The Hall–Kier alpha value is -1.50. The van der Waals surface area contributed by atoms with Gasteiger partial charge >= 0.3 is 12.1 Å². The second-order valence-corrected chi connectivity index (χ2v) is 2.40. The minimum atomic E-state index is -4.76. The molecule has 4 nitrogen and oxygen atoms in total. The van der Waals surface area contributed by atoms with Gasteiger partial charge in [-0.3, -0.25) is 0 Å². The van der Waals surface area contributed by atoms with Crippen molar-refractivity contribution in [3.8, 4) is 0 Å². The Morgan fingerprint density at radius 1 is 1.50 bits per heavy atom. The monoisotopic (exact) mass is 212 g/mol. The summed E-state index contributed by atoms with van der Waals surface area (Å²) in [6.07, 6.45) is -4.76. The van der Waals surface area contributed by atoms with E-state index < -0.39 is 23.5 Å². The summed E-state index contributed by atoms with van der Waals surface area (Å²) < 4.78 is 40.4. The Morgan fingerprint density at radius 2 is 2.00 bits per heavy atom. The number of hydrogen-bond donors (Lipinski definition) is 1. The molecule has 0 unspecified atom stereocenters. The highest BCUT2D eigenvalue weighted by atomic mass is 19.4. The van der Waals surface area contributed by atoms with E-state index >= 15 is 0 Å². The van der Waals surface area contributed by atoms with Gasteiger partial charge in [0.1, 0.15) is 11.3 Å². The van der Waals surface area contributed by atoms with Crippen LogP contribution >= 0.6 is 0 Å². The second-order valence-electron chi connectivity index (χ2n) is 2.40. The maximum absolute atomic E-state index is 12.1. The Kier molecular flexibility index (Phi) is 3.31. The number of carboxylic acids is 1. The zero-order valence-electron chi connectivity index (χ0n) is 6.97. The highest BCUT2D eigenvalue weighted by molar-refractivity contribution is 5.89. The van der Waals surface area contributed by atoms with Crippen molar-refractivity contribution in [1.82, 2.24) is 0 Å². The quantitative estimate of drug-likeness (QED) is 0.765. The summed E-state index contributed by atoms with van der Waals surface area (Å²) in [5.41, 5.74) is -0.856. The molecule has 0 aromatic carbocycles. The van der Waals surface area contributed by atoms with Crippen molar-refractivity contribution in [3.63, 3.8) is 0 Å². The number of furan rings is 1. The lowest BCUT2D eigenvalue weighted by molar-refractivity contribution is -0.153. The molecule has 0 aliphatic heterocycles. The third kappa shape index (κ3) is 2.25. The Labute approximate surface area is 76.3 Å². The van der Waals surface area contributed by atoms with Crippen LogP contribution in [0.2, 0.25) is 0 Å². The van der Waals surface area contributed by atoms with Crippen LogP contribution < -0.4 is 0 Å². The first-order chi connectivity index (χ1) is 5.82. The second kappa shape index (κ2) is 3.70. The smallest absolute Gasteiger partial charge is 0.450 e.